The molecule has 3 heteroatoms. The Morgan fingerprint density at radius 2 is 2.16 bits per heavy atom. The normalized spacial score (nSPS) is 29.3. The predicted octanol–water partition coefficient (Wildman–Crippen LogP) is 3.03. The van der Waals surface area contributed by atoms with E-state index >= 15 is 0 Å². The molecule has 1 aliphatic heterocycles. The van der Waals surface area contributed by atoms with Crippen LogP contribution in [-0.4, -0.2) is 31.6 Å². The van der Waals surface area contributed by atoms with Crippen LogP contribution < -0.4 is 5.32 Å². The summed E-state index contributed by atoms with van der Waals surface area (Å²) < 4.78 is 0. The Bertz CT molecular complexity index is 427. The number of benzene rings is 1. The maximum absolute atomic E-state index is 3.50. The number of hydrogen-bond donors (Lipinski definition) is 1. The van der Waals surface area contributed by atoms with Crippen LogP contribution in [0.15, 0.2) is 24.3 Å². The van der Waals surface area contributed by atoms with E-state index in [-0.39, 0.29) is 12.4 Å². The predicted molar refractivity (Wildman–Crippen MR) is 83.0 cm³/mol. The first kappa shape index (κ1) is 14.8. The van der Waals surface area contributed by atoms with E-state index in [0.29, 0.717) is 11.5 Å². The van der Waals surface area contributed by atoms with Crippen LogP contribution in [0.3, 0.4) is 0 Å². The smallest absolute Gasteiger partial charge is 0.0351 e. The van der Waals surface area contributed by atoms with E-state index in [9.17, 15) is 0 Å². The molecule has 1 N–H and O–H groups in total. The quantitative estimate of drug-likeness (QED) is 0.916. The van der Waals surface area contributed by atoms with Crippen molar-refractivity contribution in [2.24, 2.45) is 5.41 Å². The lowest BCUT2D eigenvalue weighted by Crippen LogP contribution is -2.36. The van der Waals surface area contributed by atoms with Crippen molar-refractivity contribution in [3.63, 3.8) is 0 Å². The molecule has 0 saturated carbocycles. The van der Waals surface area contributed by atoms with E-state index in [4.69, 9.17) is 0 Å². The average Bonchev–Trinajstić information content (AvgIpc) is 2.95. The molecular formula is C16H25ClN2. The van der Waals surface area contributed by atoms with Crippen molar-refractivity contribution in [2.75, 3.05) is 26.7 Å². The molecule has 0 spiro atoms. The Kier molecular flexibility index (Phi) is 4.54. The number of fused-ring (bicyclic) bond motifs is 1. The van der Waals surface area contributed by atoms with Gasteiger partial charge in [-0.25, -0.2) is 0 Å². The first-order chi connectivity index (χ1) is 8.68. The van der Waals surface area contributed by atoms with E-state index in [0.717, 1.165) is 0 Å². The van der Waals surface area contributed by atoms with Gasteiger partial charge in [0.15, 0.2) is 0 Å². The minimum Gasteiger partial charge on any atom is -0.316 e. The van der Waals surface area contributed by atoms with Gasteiger partial charge in [-0.1, -0.05) is 31.2 Å². The van der Waals surface area contributed by atoms with Crippen LogP contribution in [0.2, 0.25) is 0 Å². The molecule has 3 rings (SSSR count). The maximum Gasteiger partial charge on any atom is 0.0351 e. The van der Waals surface area contributed by atoms with Crippen molar-refractivity contribution < 1.29 is 0 Å². The van der Waals surface area contributed by atoms with Crippen molar-refractivity contribution >= 4 is 12.4 Å². The third kappa shape index (κ3) is 2.96. The Hall–Kier alpha value is -0.570. The monoisotopic (exact) mass is 280 g/mol. The van der Waals surface area contributed by atoms with Gasteiger partial charge in [0.25, 0.3) is 0 Å². The van der Waals surface area contributed by atoms with Crippen LogP contribution in [-0.2, 0) is 6.42 Å². The minimum absolute atomic E-state index is 0. The number of halogens is 1. The topological polar surface area (TPSA) is 15.3 Å². The van der Waals surface area contributed by atoms with E-state index in [1.807, 2.05) is 0 Å². The third-order valence-electron chi connectivity index (χ3n) is 4.72. The lowest BCUT2D eigenvalue weighted by Gasteiger charge is -2.33. The molecule has 2 nitrogen and oxygen atoms in total. The van der Waals surface area contributed by atoms with Crippen LogP contribution in [0.4, 0.5) is 0 Å². The van der Waals surface area contributed by atoms with Crippen LogP contribution in [0.5, 0.6) is 0 Å². The molecule has 0 radical (unpaired) electrons. The molecule has 0 bridgehead atoms. The Morgan fingerprint density at radius 1 is 1.37 bits per heavy atom. The molecule has 2 atom stereocenters. The fourth-order valence-corrected chi connectivity index (χ4v) is 3.71. The Balaban J connectivity index is 0.00000133. The molecule has 0 amide bonds. The summed E-state index contributed by atoms with van der Waals surface area (Å²) in [5.41, 5.74) is 3.59. The number of nitrogens with one attached hydrogen (secondary N) is 1. The summed E-state index contributed by atoms with van der Waals surface area (Å²) in [7, 11) is 2.30. The summed E-state index contributed by atoms with van der Waals surface area (Å²) in [5, 5.41) is 3.50. The van der Waals surface area contributed by atoms with Gasteiger partial charge >= 0.3 is 0 Å². The van der Waals surface area contributed by atoms with Gasteiger partial charge in [-0.2, -0.15) is 0 Å². The van der Waals surface area contributed by atoms with E-state index in [1.54, 1.807) is 11.1 Å². The molecule has 1 aliphatic carbocycles. The lowest BCUT2D eigenvalue weighted by molar-refractivity contribution is 0.160. The van der Waals surface area contributed by atoms with Crippen molar-refractivity contribution in [3.05, 3.63) is 35.4 Å². The molecule has 0 aromatic heterocycles. The van der Waals surface area contributed by atoms with Crippen molar-refractivity contribution in [1.29, 1.82) is 0 Å². The van der Waals surface area contributed by atoms with E-state index in [2.05, 4.69) is 48.5 Å². The third-order valence-corrected chi connectivity index (χ3v) is 4.72. The molecule has 1 heterocycles. The summed E-state index contributed by atoms with van der Waals surface area (Å²) in [6.45, 7) is 5.99. The van der Waals surface area contributed by atoms with Crippen LogP contribution in [0, 0.1) is 5.41 Å². The molecule has 19 heavy (non-hydrogen) atoms. The van der Waals surface area contributed by atoms with Crippen LogP contribution >= 0.6 is 12.4 Å². The molecule has 1 aromatic rings. The van der Waals surface area contributed by atoms with Gasteiger partial charge in [-0.15, -0.1) is 12.4 Å². The fourth-order valence-electron chi connectivity index (χ4n) is 3.71. The highest BCUT2D eigenvalue weighted by atomic mass is 35.5. The molecule has 1 fully saturated rings. The zero-order valence-corrected chi connectivity index (χ0v) is 12.8. The summed E-state index contributed by atoms with van der Waals surface area (Å²) in [6, 6.07) is 9.60. The first-order valence-corrected chi connectivity index (χ1v) is 7.17. The van der Waals surface area contributed by atoms with Crippen molar-refractivity contribution in [1.82, 2.24) is 10.2 Å². The highest BCUT2D eigenvalue weighted by molar-refractivity contribution is 5.85. The standard InChI is InChI=1S/C16H24N2.ClH/c1-16(9-10-17-11-16)12-18(2)15-8-7-13-5-3-4-6-14(13)15;/h3-6,15,17H,7-12H2,1-2H3;1H. The second kappa shape index (κ2) is 5.82. The van der Waals surface area contributed by atoms with E-state index < -0.39 is 0 Å². The summed E-state index contributed by atoms with van der Waals surface area (Å²) in [6.07, 6.45) is 3.85. The van der Waals surface area contributed by atoms with Gasteiger partial charge < -0.3 is 5.32 Å². The Labute approximate surface area is 123 Å². The molecule has 1 aromatic carbocycles. The van der Waals surface area contributed by atoms with Crippen molar-refractivity contribution in [2.45, 2.75) is 32.2 Å². The van der Waals surface area contributed by atoms with Gasteiger partial charge in [0.2, 0.25) is 0 Å². The number of aryl methyl sites for hydroxylation is 1. The largest absolute Gasteiger partial charge is 0.316 e. The first-order valence-electron chi connectivity index (χ1n) is 7.17. The van der Waals surface area contributed by atoms with Gasteiger partial charge in [-0.3, -0.25) is 4.90 Å². The summed E-state index contributed by atoms with van der Waals surface area (Å²) in [4.78, 5) is 2.58. The zero-order chi connectivity index (χ0) is 12.6. The van der Waals surface area contributed by atoms with Crippen LogP contribution in [0.1, 0.15) is 36.9 Å². The van der Waals surface area contributed by atoms with Crippen molar-refractivity contribution in [3.8, 4) is 0 Å². The van der Waals surface area contributed by atoms with Gasteiger partial charge in [0, 0.05) is 19.1 Å². The molecule has 1 saturated heterocycles. The molecule has 2 unspecified atom stereocenters. The lowest BCUT2D eigenvalue weighted by atomic mass is 9.88. The van der Waals surface area contributed by atoms with Gasteiger partial charge in [0.1, 0.15) is 0 Å². The number of nitrogens with zero attached hydrogens (tertiary/aromatic N) is 1. The second-order valence-electron chi connectivity index (χ2n) is 6.41. The summed E-state index contributed by atoms with van der Waals surface area (Å²) >= 11 is 0. The number of rotatable bonds is 3. The highest BCUT2D eigenvalue weighted by Gasteiger charge is 2.33. The number of hydrogen-bond acceptors (Lipinski definition) is 2. The minimum atomic E-state index is 0. The molecular weight excluding hydrogens is 256 g/mol. The van der Waals surface area contributed by atoms with Gasteiger partial charge in [0.05, 0.1) is 0 Å². The maximum atomic E-state index is 3.50. The fraction of sp³-hybridized carbons (Fsp3) is 0.625. The SMILES string of the molecule is CN(CC1(C)CCNC1)C1CCc2ccccc21.Cl. The summed E-state index contributed by atoms with van der Waals surface area (Å²) in [5.74, 6) is 0. The second-order valence-corrected chi connectivity index (χ2v) is 6.41. The van der Waals surface area contributed by atoms with Crippen LogP contribution in [0.25, 0.3) is 0 Å². The van der Waals surface area contributed by atoms with Gasteiger partial charge in [-0.05, 0) is 49.4 Å². The Morgan fingerprint density at radius 3 is 2.89 bits per heavy atom. The van der Waals surface area contributed by atoms with E-state index in [1.165, 1.54) is 38.9 Å². The average molecular weight is 281 g/mol. The zero-order valence-electron chi connectivity index (χ0n) is 12.0. The molecule has 106 valence electrons. The molecule has 2 aliphatic rings. The highest BCUT2D eigenvalue weighted by Crippen LogP contribution is 2.37.